The Labute approximate surface area is 161 Å². The van der Waals surface area contributed by atoms with Crippen LogP contribution in [0.2, 0.25) is 0 Å². The van der Waals surface area contributed by atoms with E-state index in [1.54, 1.807) is 18.4 Å². The van der Waals surface area contributed by atoms with Crippen LogP contribution < -0.4 is 10.9 Å². The number of fused-ring (bicyclic) bond motifs is 1. The van der Waals surface area contributed by atoms with Gasteiger partial charge in [-0.1, -0.05) is 17.7 Å². The predicted molar refractivity (Wildman–Crippen MR) is 105 cm³/mol. The van der Waals surface area contributed by atoms with Crippen molar-refractivity contribution in [3.8, 4) is 0 Å². The number of pyridine rings is 1. The summed E-state index contributed by atoms with van der Waals surface area (Å²) in [6.07, 6.45) is 2.34. The number of carbonyl (C=O) groups excluding carboxylic acids is 2. The van der Waals surface area contributed by atoms with Crippen molar-refractivity contribution in [3.05, 3.63) is 86.7 Å². The summed E-state index contributed by atoms with van der Waals surface area (Å²) in [4.78, 5) is 40.5. The molecule has 1 amide bonds. The molecular formula is C22H20N2O4. The molecule has 1 aliphatic rings. The number of hydrogen-bond donors (Lipinski definition) is 2. The molecule has 2 N–H and O–H groups in total. The van der Waals surface area contributed by atoms with E-state index in [9.17, 15) is 14.4 Å². The number of aryl methyl sites for hydroxylation is 2. The summed E-state index contributed by atoms with van der Waals surface area (Å²) < 4.78 is 5.41. The third kappa shape index (κ3) is 3.29. The first-order chi connectivity index (χ1) is 13.4. The molecule has 2 heterocycles. The third-order valence-electron chi connectivity index (χ3n) is 5.13. The average molecular weight is 376 g/mol. The number of amides is 1. The summed E-state index contributed by atoms with van der Waals surface area (Å²) >= 11 is 0. The third-order valence-corrected chi connectivity index (χ3v) is 5.13. The van der Waals surface area contributed by atoms with Gasteiger partial charge in [-0.25, -0.2) is 0 Å². The van der Waals surface area contributed by atoms with Crippen LogP contribution in [0.1, 0.15) is 55.6 Å². The van der Waals surface area contributed by atoms with Gasteiger partial charge in [0.15, 0.2) is 5.78 Å². The van der Waals surface area contributed by atoms with E-state index in [1.165, 1.54) is 6.07 Å². The van der Waals surface area contributed by atoms with Crippen molar-refractivity contribution in [2.45, 2.75) is 32.6 Å². The molecule has 4 rings (SSSR count). The van der Waals surface area contributed by atoms with E-state index in [0.29, 0.717) is 23.4 Å². The number of furan rings is 1. The lowest BCUT2D eigenvalue weighted by atomic mass is 9.84. The lowest BCUT2D eigenvalue weighted by Gasteiger charge is -2.22. The lowest BCUT2D eigenvalue weighted by molar-refractivity contribution is 0.0959. The topological polar surface area (TPSA) is 92.2 Å². The predicted octanol–water partition coefficient (Wildman–Crippen LogP) is 3.75. The van der Waals surface area contributed by atoms with Crippen LogP contribution in [0, 0.1) is 13.8 Å². The second-order valence-electron chi connectivity index (χ2n) is 7.22. The number of Topliss-reactive ketones (excluding diaryl/α,β-unsaturated/α-hetero) is 1. The average Bonchev–Trinajstić information content (AvgIpc) is 3.18. The van der Waals surface area contributed by atoms with Gasteiger partial charge in [-0.2, -0.15) is 0 Å². The van der Waals surface area contributed by atoms with Gasteiger partial charge >= 0.3 is 0 Å². The minimum absolute atomic E-state index is 0.0662. The number of aromatic nitrogens is 1. The molecule has 28 heavy (non-hydrogen) atoms. The quantitative estimate of drug-likeness (QED) is 0.728. The van der Waals surface area contributed by atoms with Crippen molar-refractivity contribution in [1.29, 1.82) is 0 Å². The number of hydrogen-bond acceptors (Lipinski definition) is 4. The van der Waals surface area contributed by atoms with Crippen LogP contribution in [-0.4, -0.2) is 16.7 Å². The summed E-state index contributed by atoms with van der Waals surface area (Å²) in [6.45, 7) is 3.85. The molecule has 0 radical (unpaired) electrons. The molecule has 0 spiro atoms. The largest absolute Gasteiger partial charge is 0.469 e. The first-order valence-corrected chi connectivity index (χ1v) is 9.14. The number of carbonyl (C=O) groups is 2. The van der Waals surface area contributed by atoms with Crippen LogP contribution in [0.3, 0.4) is 0 Å². The Hall–Kier alpha value is -3.41. The van der Waals surface area contributed by atoms with E-state index < -0.39 is 11.5 Å². The summed E-state index contributed by atoms with van der Waals surface area (Å²) in [6, 6.07) is 10.6. The highest BCUT2D eigenvalue weighted by atomic mass is 16.3. The van der Waals surface area contributed by atoms with Crippen molar-refractivity contribution >= 4 is 17.4 Å². The maximum absolute atomic E-state index is 12.7. The molecule has 1 atom stereocenters. The molecule has 3 aromatic rings. The fourth-order valence-corrected chi connectivity index (χ4v) is 3.67. The van der Waals surface area contributed by atoms with Gasteiger partial charge in [0.25, 0.3) is 11.5 Å². The van der Waals surface area contributed by atoms with E-state index in [2.05, 4.69) is 10.3 Å². The van der Waals surface area contributed by atoms with Crippen molar-refractivity contribution in [2.75, 3.05) is 5.32 Å². The van der Waals surface area contributed by atoms with Crippen molar-refractivity contribution in [3.63, 3.8) is 0 Å². The number of H-pyrrole nitrogens is 1. The monoisotopic (exact) mass is 376 g/mol. The number of rotatable bonds is 3. The van der Waals surface area contributed by atoms with Gasteiger partial charge in [0, 0.05) is 29.3 Å². The summed E-state index contributed by atoms with van der Waals surface area (Å²) in [5.74, 6) is -0.0338. The second-order valence-corrected chi connectivity index (χ2v) is 7.22. The Morgan fingerprint density at radius 1 is 1.14 bits per heavy atom. The molecule has 0 bridgehead atoms. The Morgan fingerprint density at radius 3 is 2.68 bits per heavy atom. The van der Waals surface area contributed by atoms with Crippen molar-refractivity contribution in [1.82, 2.24) is 4.98 Å². The zero-order valence-electron chi connectivity index (χ0n) is 15.7. The van der Waals surface area contributed by atoms with Crippen LogP contribution in [0.5, 0.6) is 0 Å². The molecule has 0 saturated heterocycles. The van der Waals surface area contributed by atoms with Gasteiger partial charge in [-0.05, 0) is 50.1 Å². The summed E-state index contributed by atoms with van der Waals surface area (Å²) in [5.41, 5.74) is 2.99. The first kappa shape index (κ1) is 18.0. The number of ketones is 1. The van der Waals surface area contributed by atoms with Gasteiger partial charge in [0.2, 0.25) is 0 Å². The normalized spacial score (nSPS) is 15.9. The van der Waals surface area contributed by atoms with Crippen molar-refractivity contribution in [2.24, 2.45) is 0 Å². The molecule has 0 saturated carbocycles. The van der Waals surface area contributed by atoms with Gasteiger partial charge < -0.3 is 14.7 Å². The molecule has 0 fully saturated rings. The zero-order valence-corrected chi connectivity index (χ0v) is 15.7. The van der Waals surface area contributed by atoms with Crippen LogP contribution in [0.15, 0.2) is 51.9 Å². The highest BCUT2D eigenvalue weighted by Gasteiger charge is 2.30. The lowest BCUT2D eigenvalue weighted by Crippen LogP contribution is -2.29. The van der Waals surface area contributed by atoms with E-state index in [0.717, 1.165) is 16.9 Å². The van der Waals surface area contributed by atoms with E-state index in [1.807, 2.05) is 32.0 Å². The number of anilines is 1. The van der Waals surface area contributed by atoms with Gasteiger partial charge in [-0.3, -0.25) is 14.4 Å². The summed E-state index contributed by atoms with van der Waals surface area (Å²) in [7, 11) is 0. The first-order valence-electron chi connectivity index (χ1n) is 9.14. The van der Waals surface area contributed by atoms with Crippen molar-refractivity contribution < 1.29 is 14.0 Å². The molecule has 0 aliphatic heterocycles. The molecule has 1 aromatic carbocycles. The molecule has 1 aliphatic carbocycles. The molecule has 0 unspecified atom stereocenters. The highest BCUT2D eigenvalue weighted by molar-refractivity contribution is 6.07. The maximum atomic E-state index is 12.7. The van der Waals surface area contributed by atoms with E-state index in [4.69, 9.17) is 4.42 Å². The smallest absolute Gasteiger partial charge is 0.261 e. The second kappa shape index (κ2) is 6.96. The number of aromatic amines is 1. The van der Waals surface area contributed by atoms with Gasteiger partial charge in [-0.15, -0.1) is 0 Å². The van der Waals surface area contributed by atoms with Crippen LogP contribution in [-0.2, 0) is 6.42 Å². The molecular weight excluding hydrogens is 356 g/mol. The van der Waals surface area contributed by atoms with Gasteiger partial charge in [0.05, 0.1) is 6.26 Å². The van der Waals surface area contributed by atoms with Gasteiger partial charge in [0.1, 0.15) is 11.3 Å². The van der Waals surface area contributed by atoms with Crippen LogP contribution in [0.25, 0.3) is 0 Å². The van der Waals surface area contributed by atoms with E-state index >= 15 is 0 Å². The Bertz CT molecular complexity index is 1130. The molecule has 6 heteroatoms. The van der Waals surface area contributed by atoms with Crippen LogP contribution >= 0.6 is 0 Å². The fourth-order valence-electron chi connectivity index (χ4n) is 3.67. The SMILES string of the molecule is Cc1ccc(NC(=O)c2cc3c([nH]c2=O)C[C@H](c2ccco2)CC3=O)c(C)c1. The fraction of sp³-hybridized carbons (Fsp3) is 0.227. The zero-order chi connectivity index (χ0) is 19.8. The minimum Gasteiger partial charge on any atom is -0.469 e. The summed E-state index contributed by atoms with van der Waals surface area (Å²) in [5, 5.41) is 2.76. The van der Waals surface area contributed by atoms with E-state index in [-0.39, 0.29) is 23.7 Å². The standard InChI is InChI=1S/C22H20N2O4/c1-12-5-6-17(13(2)8-12)23-21(26)16-11-15-18(24-22(16)27)9-14(10-19(15)25)20-4-3-7-28-20/h3-8,11,14H,9-10H2,1-2H3,(H,23,26)(H,24,27)/t14-/m0/s1. The Kier molecular flexibility index (Phi) is 4.47. The molecule has 2 aromatic heterocycles. The number of nitrogens with one attached hydrogen (secondary N) is 2. The Balaban J connectivity index is 1.64. The number of benzene rings is 1. The molecule has 6 nitrogen and oxygen atoms in total. The maximum Gasteiger partial charge on any atom is 0.261 e. The molecule has 142 valence electrons. The van der Waals surface area contributed by atoms with Crippen LogP contribution in [0.4, 0.5) is 5.69 Å². The Morgan fingerprint density at radius 2 is 1.96 bits per heavy atom. The highest BCUT2D eigenvalue weighted by Crippen LogP contribution is 2.31. The minimum atomic E-state index is -0.531.